The fourth-order valence-corrected chi connectivity index (χ4v) is 9.04. The second-order valence-electron chi connectivity index (χ2n) is 15.1. The van der Waals surface area contributed by atoms with E-state index in [-0.39, 0.29) is 16.2 Å². The zero-order valence-electron chi connectivity index (χ0n) is 27.5. The fraction of sp³-hybridized carbons (Fsp3) is 0.200. The van der Waals surface area contributed by atoms with E-state index >= 15 is 0 Å². The maximum Gasteiger partial charge on any atom is 0.0432 e. The van der Waals surface area contributed by atoms with Crippen LogP contribution >= 0.6 is 0 Å². The molecule has 9 rings (SSSR count). The van der Waals surface area contributed by atoms with Gasteiger partial charge in [-0.25, -0.2) is 0 Å². The zero-order valence-corrected chi connectivity index (χ0v) is 27.5. The lowest BCUT2D eigenvalue weighted by molar-refractivity contribution is 0.640. The highest BCUT2D eigenvalue weighted by molar-refractivity contribution is 5.96. The molecule has 0 spiro atoms. The van der Waals surface area contributed by atoms with Crippen molar-refractivity contribution in [3.05, 3.63) is 155 Å². The van der Waals surface area contributed by atoms with Crippen molar-refractivity contribution < 1.29 is 0 Å². The van der Waals surface area contributed by atoms with Crippen molar-refractivity contribution in [2.24, 2.45) is 0 Å². The molecule has 1 heteroatoms. The van der Waals surface area contributed by atoms with Crippen LogP contribution in [0.25, 0.3) is 44.5 Å². The van der Waals surface area contributed by atoms with Crippen molar-refractivity contribution in [1.82, 2.24) is 0 Å². The molecule has 0 saturated heterocycles. The van der Waals surface area contributed by atoms with E-state index in [0.29, 0.717) is 0 Å². The number of fused-ring (bicyclic) bond motifs is 8. The lowest BCUT2D eigenvalue weighted by Crippen LogP contribution is -2.27. The Balaban J connectivity index is 1.32. The van der Waals surface area contributed by atoms with Gasteiger partial charge in [0.15, 0.2) is 0 Å². The summed E-state index contributed by atoms with van der Waals surface area (Å²) in [6, 6.07) is 45.8. The van der Waals surface area contributed by atoms with Crippen LogP contribution in [0.3, 0.4) is 0 Å². The first-order valence-electron chi connectivity index (χ1n) is 16.6. The van der Waals surface area contributed by atoms with Crippen LogP contribution in [0.5, 0.6) is 0 Å². The van der Waals surface area contributed by atoms with Crippen LogP contribution in [-0.4, -0.2) is 0 Å². The molecule has 0 atom stereocenters. The lowest BCUT2D eigenvalue weighted by Gasteiger charge is -2.38. The summed E-state index contributed by atoms with van der Waals surface area (Å²) in [6.07, 6.45) is 0. The lowest BCUT2D eigenvalue weighted by atomic mass is 9.69. The summed E-state index contributed by atoms with van der Waals surface area (Å²) >= 11 is 0. The predicted octanol–water partition coefficient (Wildman–Crippen LogP) is 12.0. The van der Waals surface area contributed by atoms with Gasteiger partial charge in [0.05, 0.1) is 0 Å². The molecule has 0 amide bonds. The Morgan fingerprint density at radius 3 is 1.48 bits per heavy atom. The zero-order chi connectivity index (χ0) is 31.6. The number of hydrogen-bond acceptors (Lipinski definition) is 1. The Labute approximate surface area is 273 Å². The number of hydrogen-bond donors (Lipinski definition) is 1. The second kappa shape index (κ2) is 9.10. The molecule has 0 aromatic heterocycles. The molecule has 1 heterocycles. The van der Waals surface area contributed by atoms with Gasteiger partial charge in [0.25, 0.3) is 0 Å². The van der Waals surface area contributed by atoms with Crippen molar-refractivity contribution in [2.75, 3.05) is 5.32 Å². The minimum atomic E-state index is -0.202. The number of para-hydroxylation sites is 1. The molecule has 1 aliphatic heterocycles. The van der Waals surface area contributed by atoms with Gasteiger partial charge in [-0.3, -0.25) is 0 Å². The van der Waals surface area contributed by atoms with Gasteiger partial charge in [-0.15, -0.1) is 0 Å². The third kappa shape index (κ3) is 3.52. The Hall–Kier alpha value is -4.88. The first-order chi connectivity index (χ1) is 22.1. The molecule has 2 aliphatic carbocycles. The molecule has 1 N–H and O–H groups in total. The Morgan fingerprint density at radius 2 is 0.848 bits per heavy atom. The first-order valence-corrected chi connectivity index (χ1v) is 16.6. The molecule has 1 nitrogen and oxygen atoms in total. The van der Waals surface area contributed by atoms with Gasteiger partial charge in [-0.1, -0.05) is 139 Å². The quantitative estimate of drug-likeness (QED) is 0.211. The molecule has 3 aliphatic rings. The summed E-state index contributed by atoms with van der Waals surface area (Å²) < 4.78 is 0. The van der Waals surface area contributed by atoms with Crippen LogP contribution in [-0.2, 0) is 16.2 Å². The van der Waals surface area contributed by atoms with Crippen LogP contribution < -0.4 is 5.32 Å². The van der Waals surface area contributed by atoms with Gasteiger partial charge in [0.1, 0.15) is 0 Å². The van der Waals surface area contributed by atoms with Crippen LogP contribution in [0.2, 0.25) is 0 Å². The molecule has 0 bridgehead atoms. The van der Waals surface area contributed by atoms with Crippen molar-refractivity contribution >= 4 is 11.4 Å². The topological polar surface area (TPSA) is 12.0 Å². The maximum absolute atomic E-state index is 3.83. The van der Waals surface area contributed by atoms with Crippen molar-refractivity contribution in [3.8, 4) is 44.5 Å². The summed E-state index contributed by atoms with van der Waals surface area (Å²) in [4.78, 5) is 0. The Kier molecular flexibility index (Phi) is 5.43. The largest absolute Gasteiger partial charge is 0.355 e. The SMILES string of the molecule is CC1(C)c2ccccc2-c2ccc(-c3ccc4c(c3-c3ccc5c(c3)C(C)(C)c3ccccc3-5)C(C)(C)c3ccccc3N4)cc21. The van der Waals surface area contributed by atoms with Gasteiger partial charge >= 0.3 is 0 Å². The van der Waals surface area contributed by atoms with E-state index in [2.05, 4.69) is 168 Å². The Bertz CT molecular complexity index is 2260. The molecule has 224 valence electrons. The summed E-state index contributed by atoms with van der Waals surface area (Å²) in [6.45, 7) is 14.3. The molecular weight excluding hydrogens is 555 g/mol. The number of rotatable bonds is 2. The Morgan fingerprint density at radius 1 is 0.370 bits per heavy atom. The summed E-state index contributed by atoms with van der Waals surface area (Å²) in [7, 11) is 0. The van der Waals surface area contributed by atoms with Crippen LogP contribution in [0, 0.1) is 0 Å². The minimum absolute atomic E-state index is 0.0561. The van der Waals surface area contributed by atoms with E-state index in [1.165, 1.54) is 89.3 Å². The third-order valence-electron chi connectivity index (χ3n) is 11.5. The van der Waals surface area contributed by atoms with Crippen LogP contribution in [0.1, 0.15) is 74.9 Å². The van der Waals surface area contributed by atoms with E-state index in [4.69, 9.17) is 0 Å². The highest BCUT2D eigenvalue weighted by atomic mass is 14.9. The molecule has 0 saturated carbocycles. The van der Waals surface area contributed by atoms with E-state index in [1.807, 2.05) is 0 Å². The number of nitrogens with one attached hydrogen (secondary N) is 1. The molecule has 6 aromatic carbocycles. The molecular formula is C45H39N. The monoisotopic (exact) mass is 593 g/mol. The first kappa shape index (κ1) is 27.4. The maximum atomic E-state index is 3.83. The van der Waals surface area contributed by atoms with Crippen molar-refractivity contribution in [3.63, 3.8) is 0 Å². The van der Waals surface area contributed by atoms with E-state index in [0.717, 1.165) is 0 Å². The van der Waals surface area contributed by atoms with E-state index in [9.17, 15) is 0 Å². The van der Waals surface area contributed by atoms with Gasteiger partial charge in [0.2, 0.25) is 0 Å². The van der Waals surface area contributed by atoms with Gasteiger partial charge < -0.3 is 5.32 Å². The second-order valence-corrected chi connectivity index (χ2v) is 15.1. The highest BCUT2D eigenvalue weighted by Crippen LogP contribution is 2.56. The summed E-state index contributed by atoms with van der Waals surface area (Å²) in [5.41, 5.74) is 21.0. The van der Waals surface area contributed by atoms with Crippen LogP contribution in [0.4, 0.5) is 11.4 Å². The van der Waals surface area contributed by atoms with Gasteiger partial charge in [-0.2, -0.15) is 0 Å². The van der Waals surface area contributed by atoms with Crippen LogP contribution in [0.15, 0.2) is 121 Å². The van der Waals surface area contributed by atoms with Gasteiger partial charge in [-0.05, 0) is 102 Å². The van der Waals surface area contributed by atoms with E-state index < -0.39 is 0 Å². The van der Waals surface area contributed by atoms with Gasteiger partial charge in [0, 0.05) is 27.6 Å². The smallest absolute Gasteiger partial charge is 0.0432 e. The van der Waals surface area contributed by atoms with Crippen molar-refractivity contribution in [2.45, 2.75) is 57.8 Å². The van der Waals surface area contributed by atoms with E-state index in [1.54, 1.807) is 0 Å². The number of benzene rings is 6. The molecule has 6 aromatic rings. The molecule has 46 heavy (non-hydrogen) atoms. The molecule has 0 fully saturated rings. The predicted molar refractivity (Wildman–Crippen MR) is 194 cm³/mol. The third-order valence-corrected chi connectivity index (χ3v) is 11.5. The average Bonchev–Trinajstić information content (AvgIpc) is 3.43. The fourth-order valence-electron chi connectivity index (χ4n) is 9.04. The minimum Gasteiger partial charge on any atom is -0.355 e. The van der Waals surface area contributed by atoms with Crippen molar-refractivity contribution in [1.29, 1.82) is 0 Å². The summed E-state index contributed by atoms with van der Waals surface area (Å²) in [5.74, 6) is 0. The molecule has 0 unspecified atom stereocenters. The summed E-state index contributed by atoms with van der Waals surface area (Å²) in [5, 5.41) is 3.83. The standard InChI is InChI=1S/C45H39N/c1-43(2)34-15-9-7-13-30(34)32-21-19-27(25-37(32)43)29-23-24-40-42(45(5,6)36-17-11-12-18-39(36)46-40)41(29)28-20-22-33-31-14-8-10-16-35(31)44(3,4)38(33)26-28/h7-26,46H,1-6H3. The highest BCUT2D eigenvalue weighted by Gasteiger charge is 2.40. The molecule has 0 radical (unpaired) electrons. The normalized spacial score (nSPS) is 16.7. The number of anilines is 2. The average molecular weight is 594 g/mol.